The lowest BCUT2D eigenvalue weighted by Crippen LogP contribution is -2.51. The van der Waals surface area contributed by atoms with Gasteiger partial charge in [-0.25, -0.2) is 8.42 Å². The normalized spacial score (nSPS) is 21.0. The molecule has 3 rings (SSSR count). The van der Waals surface area contributed by atoms with Gasteiger partial charge in [-0.3, -0.25) is 9.69 Å². The minimum atomic E-state index is -3.13. The Morgan fingerprint density at radius 1 is 1.12 bits per heavy atom. The van der Waals surface area contributed by atoms with Crippen molar-refractivity contribution < 1.29 is 13.2 Å². The van der Waals surface area contributed by atoms with Crippen molar-refractivity contribution in [3.63, 3.8) is 0 Å². The molecule has 1 heterocycles. The van der Waals surface area contributed by atoms with Gasteiger partial charge in [0.05, 0.1) is 12.8 Å². The zero-order chi connectivity index (χ0) is 18.1. The van der Waals surface area contributed by atoms with Gasteiger partial charge in [-0.15, -0.1) is 0 Å². The number of hydrogen-bond donors (Lipinski definition) is 1. The van der Waals surface area contributed by atoms with Crippen LogP contribution in [0.4, 0.5) is 0 Å². The van der Waals surface area contributed by atoms with Gasteiger partial charge in [0.1, 0.15) is 0 Å². The van der Waals surface area contributed by atoms with E-state index in [4.69, 9.17) is 0 Å². The molecule has 1 aromatic rings. The summed E-state index contributed by atoms with van der Waals surface area (Å²) < 4.78 is 24.5. The van der Waals surface area contributed by atoms with Gasteiger partial charge in [-0.1, -0.05) is 31.2 Å². The Kier molecular flexibility index (Phi) is 5.18. The first-order chi connectivity index (χ1) is 11.8. The lowest BCUT2D eigenvalue weighted by atomic mass is 9.87. The van der Waals surface area contributed by atoms with E-state index in [9.17, 15) is 13.2 Å². The molecule has 0 unspecified atom stereocenters. The average Bonchev–Trinajstić information content (AvgIpc) is 2.89. The number of rotatable bonds is 5. The molecule has 1 fully saturated rings. The third kappa shape index (κ3) is 4.59. The third-order valence-electron chi connectivity index (χ3n) is 5.23. The van der Waals surface area contributed by atoms with Gasteiger partial charge >= 0.3 is 0 Å². The lowest BCUT2D eigenvalue weighted by molar-refractivity contribution is -0.123. The van der Waals surface area contributed by atoms with Crippen LogP contribution < -0.4 is 5.32 Å². The highest BCUT2D eigenvalue weighted by molar-refractivity contribution is 7.88. The molecule has 0 bridgehead atoms. The number of amides is 1. The number of fused-ring (bicyclic) bond motifs is 1. The fraction of sp³-hybridized carbons (Fsp3) is 0.611. The number of sulfonamides is 1. The third-order valence-corrected chi connectivity index (χ3v) is 6.54. The number of carbonyl (C=O) groups excluding carboxylic acids is 1. The number of hydrogen-bond acceptors (Lipinski definition) is 4. The molecular weight excluding hydrogens is 338 g/mol. The van der Waals surface area contributed by atoms with Crippen molar-refractivity contribution in [1.29, 1.82) is 0 Å². The molecule has 1 aromatic carbocycles. The predicted octanol–water partition coefficient (Wildman–Crippen LogP) is 0.485. The minimum Gasteiger partial charge on any atom is -0.354 e. The number of carbonyl (C=O) groups is 1. The van der Waals surface area contributed by atoms with Crippen molar-refractivity contribution in [2.45, 2.75) is 19.8 Å². The molecule has 0 spiro atoms. The lowest BCUT2D eigenvalue weighted by Gasteiger charge is -2.33. The summed E-state index contributed by atoms with van der Waals surface area (Å²) in [6.07, 6.45) is 3.22. The van der Waals surface area contributed by atoms with Crippen LogP contribution in [0.2, 0.25) is 0 Å². The molecule has 1 amide bonds. The Hall–Kier alpha value is -1.44. The molecule has 25 heavy (non-hydrogen) atoms. The second-order valence-corrected chi connectivity index (χ2v) is 9.63. The highest BCUT2D eigenvalue weighted by Crippen LogP contribution is 2.35. The SMILES string of the molecule is CC1(CNC(=O)CN2CCN(S(C)(=O)=O)CC2)Cc2ccccc2C1. The largest absolute Gasteiger partial charge is 0.354 e. The minimum absolute atomic E-state index is 0.0185. The molecule has 0 atom stereocenters. The van der Waals surface area contributed by atoms with E-state index in [2.05, 4.69) is 36.5 Å². The molecule has 1 aliphatic carbocycles. The first kappa shape index (κ1) is 18.4. The monoisotopic (exact) mass is 365 g/mol. The molecule has 1 saturated heterocycles. The molecule has 6 nitrogen and oxygen atoms in total. The van der Waals surface area contributed by atoms with Gasteiger partial charge in [0.2, 0.25) is 15.9 Å². The van der Waals surface area contributed by atoms with Crippen molar-refractivity contribution in [2.24, 2.45) is 5.41 Å². The molecule has 0 radical (unpaired) electrons. The summed E-state index contributed by atoms with van der Waals surface area (Å²) in [7, 11) is -3.13. The van der Waals surface area contributed by atoms with Crippen LogP contribution in [0.3, 0.4) is 0 Å². The van der Waals surface area contributed by atoms with E-state index < -0.39 is 10.0 Å². The maximum absolute atomic E-state index is 12.3. The number of nitrogens with zero attached hydrogens (tertiary/aromatic N) is 2. The van der Waals surface area contributed by atoms with Gasteiger partial charge in [-0.2, -0.15) is 4.31 Å². The zero-order valence-electron chi connectivity index (χ0n) is 15.0. The molecule has 1 aliphatic heterocycles. The van der Waals surface area contributed by atoms with E-state index in [1.165, 1.54) is 21.7 Å². The van der Waals surface area contributed by atoms with E-state index in [1.807, 2.05) is 4.90 Å². The Morgan fingerprint density at radius 2 is 1.68 bits per heavy atom. The Balaban J connectivity index is 1.44. The second-order valence-electron chi connectivity index (χ2n) is 7.65. The van der Waals surface area contributed by atoms with Gasteiger partial charge < -0.3 is 5.32 Å². The Morgan fingerprint density at radius 3 is 2.20 bits per heavy atom. The molecule has 7 heteroatoms. The van der Waals surface area contributed by atoms with Crippen LogP contribution >= 0.6 is 0 Å². The van der Waals surface area contributed by atoms with Crippen LogP contribution in [0.5, 0.6) is 0 Å². The molecule has 138 valence electrons. The smallest absolute Gasteiger partial charge is 0.234 e. The zero-order valence-corrected chi connectivity index (χ0v) is 15.8. The fourth-order valence-corrected chi connectivity index (χ4v) is 4.63. The van der Waals surface area contributed by atoms with E-state index in [1.54, 1.807) is 0 Å². The van der Waals surface area contributed by atoms with E-state index in [0.29, 0.717) is 39.3 Å². The summed E-state index contributed by atoms with van der Waals surface area (Å²) in [5, 5.41) is 3.08. The average molecular weight is 365 g/mol. The van der Waals surface area contributed by atoms with E-state index in [-0.39, 0.29) is 11.3 Å². The van der Waals surface area contributed by atoms with Crippen molar-refractivity contribution in [2.75, 3.05) is 45.5 Å². The number of piperazine rings is 1. The highest BCUT2D eigenvalue weighted by Gasteiger charge is 2.33. The topological polar surface area (TPSA) is 69.7 Å². The summed E-state index contributed by atoms with van der Waals surface area (Å²) in [6.45, 7) is 5.34. The van der Waals surface area contributed by atoms with E-state index in [0.717, 1.165) is 12.8 Å². The molecule has 2 aliphatic rings. The van der Waals surface area contributed by atoms with Crippen LogP contribution in [-0.2, 0) is 27.7 Å². The molecule has 0 aromatic heterocycles. The molecular formula is C18H27N3O3S. The van der Waals surface area contributed by atoms with Crippen LogP contribution in [0.15, 0.2) is 24.3 Å². The quantitative estimate of drug-likeness (QED) is 0.824. The summed E-state index contributed by atoms with van der Waals surface area (Å²) >= 11 is 0. The van der Waals surface area contributed by atoms with E-state index >= 15 is 0 Å². The number of benzene rings is 1. The fourth-order valence-electron chi connectivity index (χ4n) is 3.80. The van der Waals surface area contributed by atoms with Gasteiger partial charge in [0.25, 0.3) is 0 Å². The maximum Gasteiger partial charge on any atom is 0.234 e. The second kappa shape index (κ2) is 7.05. The first-order valence-corrected chi connectivity index (χ1v) is 10.6. The number of nitrogens with one attached hydrogen (secondary N) is 1. The molecule has 0 saturated carbocycles. The van der Waals surface area contributed by atoms with Crippen LogP contribution in [0, 0.1) is 5.41 Å². The Labute approximate surface area is 150 Å². The first-order valence-electron chi connectivity index (χ1n) is 8.76. The highest BCUT2D eigenvalue weighted by atomic mass is 32.2. The van der Waals surface area contributed by atoms with Crippen molar-refractivity contribution >= 4 is 15.9 Å². The van der Waals surface area contributed by atoms with Crippen LogP contribution in [-0.4, -0.2) is 69.1 Å². The summed E-state index contributed by atoms with van der Waals surface area (Å²) in [5.74, 6) is 0.0185. The van der Waals surface area contributed by atoms with Crippen LogP contribution in [0.1, 0.15) is 18.1 Å². The van der Waals surface area contributed by atoms with Crippen molar-refractivity contribution in [1.82, 2.24) is 14.5 Å². The summed E-state index contributed by atoms with van der Waals surface area (Å²) in [4.78, 5) is 14.3. The van der Waals surface area contributed by atoms with Gasteiger partial charge in [-0.05, 0) is 29.4 Å². The summed E-state index contributed by atoms with van der Waals surface area (Å²) in [6, 6.07) is 8.48. The molecule has 1 N–H and O–H groups in total. The standard InChI is InChI=1S/C18H27N3O3S/c1-18(11-15-5-3-4-6-16(15)12-18)14-19-17(22)13-20-7-9-21(10-8-20)25(2,23)24/h3-6H,7-14H2,1-2H3,(H,19,22). The van der Waals surface area contributed by atoms with Crippen molar-refractivity contribution in [3.8, 4) is 0 Å². The maximum atomic E-state index is 12.3. The van der Waals surface area contributed by atoms with Crippen LogP contribution in [0.25, 0.3) is 0 Å². The van der Waals surface area contributed by atoms with Gasteiger partial charge in [0, 0.05) is 32.7 Å². The van der Waals surface area contributed by atoms with Crippen molar-refractivity contribution in [3.05, 3.63) is 35.4 Å². The predicted molar refractivity (Wildman–Crippen MR) is 97.8 cm³/mol. The van der Waals surface area contributed by atoms with Gasteiger partial charge in [0.15, 0.2) is 0 Å². The Bertz CT molecular complexity index is 715. The summed E-state index contributed by atoms with van der Waals surface area (Å²) in [5.41, 5.74) is 2.85.